The van der Waals surface area contributed by atoms with Crippen molar-refractivity contribution in [3.63, 3.8) is 0 Å². The highest BCUT2D eigenvalue weighted by atomic mass is 16.5. The quantitative estimate of drug-likeness (QED) is 0.819. The van der Waals surface area contributed by atoms with Crippen LogP contribution < -0.4 is 5.73 Å². The molecule has 0 radical (unpaired) electrons. The lowest BCUT2D eigenvalue weighted by Gasteiger charge is -2.38. The van der Waals surface area contributed by atoms with Gasteiger partial charge in [-0.15, -0.1) is 0 Å². The SMILES string of the molecule is NC1(c2ccc(C3=NCCO3)cc2)CCC1. The van der Waals surface area contributed by atoms with Gasteiger partial charge in [0.05, 0.1) is 6.54 Å². The third-order valence-corrected chi connectivity index (χ3v) is 3.54. The summed E-state index contributed by atoms with van der Waals surface area (Å²) >= 11 is 0. The van der Waals surface area contributed by atoms with Gasteiger partial charge in [0, 0.05) is 11.1 Å². The number of benzene rings is 1. The van der Waals surface area contributed by atoms with Crippen LogP contribution in [0.25, 0.3) is 0 Å². The summed E-state index contributed by atoms with van der Waals surface area (Å²) in [7, 11) is 0. The van der Waals surface area contributed by atoms with E-state index in [1.54, 1.807) is 0 Å². The first-order chi connectivity index (χ1) is 7.78. The van der Waals surface area contributed by atoms with Crippen molar-refractivity contribution in [3.8, 4) is 0 Å². The fourth-order valence-corrected chi connectivity index (χ4v) is 2.30. The van der Waals surface area contributed by atoms with Gasteiger partial charge in [-0.2, -0.15) is 0 Å². The lowest BCUT2D eigenvalue weighted by atomic mass is 9.73. The minimum Gasteiger partial charge on any atom is -0.476 e. The van der Waals surface area contributed by atoms with Crippen LogP contribution in [0.2, 0.25) is 0 Å². The second-order valence-corrected chi connectivity index (χ2v) is 4.62. The van der Waals surface area contributed by atoms with Crippen molar-refractivity contribution >= 4 is 5.90 Å². The van der Waals surface area contributed by atoms with E-state index < -0.39 is 0 Å². The van der Waals surface area contributed by atoms with E-state index in [0.29, 0.717) is 6.61 Å². The van der Waals surface area contributed by atoms with Gasteiger partial charge in [-0.1, -0.05) is 12.1 Å². The van der Waals surface area contributed by atoms with E-state index in [-0.39, 0.29) is 5.54 Å². The van der Waals surface area contributed by atoms with E-state index in [9.17, 15) is 0 Å². The van der Waals surface area contributed by atoms with Crippen LogP contribution in [0.1, 0.15) is 30.4 Å². The summed E-state index contributed by atoms with van der Waals surface area (Å²) in [6.45, 7) is 1.48. The largest absolute Gasteiger partial charge is 0.476 e. The van der Waals surface area contributed by atoms with E-state index >= 15 is 0 Å². The number of aliphatic imine (C=N–C) groups is 1. The van der Waals surface area contributed by atoms with Crippen molar-refractivity contribution in [1.82, 2.24) is 0 Å². The predicted molar refractivity (Wildman–Crippen MR) is 63.5 cm³/mol. The molecule has 3 nitrogen and oxygen atoms in total. The first kappa shape index (κ1) is 9.85. The second kappa shape index (κ2) is 3.59. The summed E-state index contributed by atoms with van der Waals surface area (Å²) in [5, 5.41) is 0. The number of ether oxygens (including phenoxy) is 1. The molecule has 2 aliphatic rings. The molecule has 1 saturated carbocycles. The Morgan fingerprint density at radius 2 is 1.94 bits per heavy atom. The molecule has 1 fully saturated rings. The minimum atomic E-state index is -0.0725. The van der Waals surface area contributed by atoms with Crippen LogP contribution >= 0.6 is 0 Å². The Kier molecular flexibility index (Phi) is 2.21. The lowest BCUT2D eigenvalue weighted by molar-refractivity contribution is 0.253. The first-order valence-corrected chi connectivity index (χ1v) is 5.85. The van der Waals surface area contributed by atoms with Crippen LogP contribution in [0, 0.1) is 0 Å². The molecule has 0 bridgehead atoms. The summed E-state index contributed by atoms with van der Waals surface area (Å²) in [5.74, 6) is 0.770. The molecule has 2 N–H and O–H groups in total. The topological polar surface area (TPSA) is 47.6 Å². The van der Waals surface area contributed by atoms with Gasteiger partial charge in [0.25, 0.3) is 0 Å². The van der Waals surface area contributed by atoms with E-state index in [1.165, 1.54) is 12.0 Å². The van der Waals surface area contributed by atoms with Crippen LogP contribution in [0.5, 0.6) is 0 Å². The highest BCUT2D eigenvalue weighted by Gasteiger charge is 2.34. The Morgan fingerprint density at radius 3 is 2.44 bits per heavy atom. The Labute approximate surface area is 95.3 Å². The van der Waals surface area contributed by atoms with E-state index in [4.69, 9.17) is 10.5 Å². The molecule has 3 rings (SSSR count). The maximum Gasteiger partial charge on any atom is 0.216 e. The fraction of sp³-hybridized carbons (Fsp3) is 0.462. The van der Waals surface area contributed by atoms with Crippen LogP contribution in [-0.4, -0.2) is 19.0 Å². The summed E-state index contributed by atoms with van der Waals surface area (Å²) in [4.78, 5) is 4.30. The zero-order valence-electron chi connectivity index (χ0n) is 9.28. The van der Waals surface area contributed by atoms with Gasteiger partial charge in [0.15, 0.2) is 0 Å². The molecule has 84 valence electrons. The third kappa shape index (κ3) is 1.52. The summed E-state index contributed by atoms with van der Waals surface area (Å²) in [6.07, 6.45) is 3.45. The summed E-state index contributed by atoms with van der Waals surface area (Å²) < 4.78 is 5.42. The molecule has 0 atom stereocenters. The Hall–Kier alpha value is -1.35. The van der Waals surface area contributed by atoms with E-state index in [2.05, 4.69) is 29.3 Å². The van der Waals surface area contributed by atoms with Crippen molar-refractivity contribution in [2.24, 2.45) is 10.7 Å². The summed E-state index contributed by atoms with van der Waals surface area (Å²) in [5.41, 5.74) is 8.49. The number of nitrogens with two attached hydrogens (primary N) is 1. The molecule has 1 aliphatic heterocycles. The van der Waals surface area contributed by atoms with Crippen molar-refractivity contribution in [1.29, 1.82) is 0 Å². The van der Waals surface area contributed by atoms with Crippen LogP contribution in [0.15, 0.2) is 29.3 Å². The van der Waals surface area contributed by atoms with E-state index in [0.717, 1.165) is 30.8 Å². The molecule has 1 aliphatic carbocycles. The molecule has 0 unspecified atom stereocenters. The van der Waals surface area contributed by atoms with E-state index in [1.807, 2.05) is 0 Å². The molecule has 1 heterocycles. The van der Waals surface area contributed by atoms with Crippen LogP contribution in [0.4, 0.5) is 0 Å². The summed E-state index contributed by atoms with van der Waals surface area (Å²) in [6, 6.07) is 8.34. The Morgan fingerprint density at radius 1 is 1.19 bits per heavy atom. The Balaban J connectivity index is 1.84. The number of hydrogen-bond donors (Lipinski definition) is 1. The average Bonchev–Trinajstić information content (AvgIpc) is 2.80. The first-order valence-electron chi connectivity index (χ1n) is 5.85. The zero-order chi connectivity index (χ0) is 11.0. The highest BCUT2D eigenvalue weighted by Crippen LogP contribution is 2.38. The van der Waals surface area contributed by atoms with Crippen molar-refractivity contribution in [3.05, 3.63) is 35.4 Å². The Bertz CT molecular complexity index is 418. The molecule has 0 aromatic heterocycles. The number of rotatable bonds is 2. The predicted octanol–water partition coefficient (Wildman–Crippen LogP) is 1.80. The molecule has 16 heavy (non-hydrogen) atoms. The molecule has 1 aromatic carbocycles. The van der Waals surface area contributed by atoms with Crippen molar-refractivity contribution in [2.45, 2.75) is 24.8 Å². The molecule has 1 aromatic rings. The van der Waals surface area contributed by atoms with Gasteiger partial charge in [0.1, 0.15) is 6.61 Å². The maximum atomic E-state index is 6.27. The fourth-order valence-electron chi connectivity index (χ4n) is 2.30. The maximum absolute atomic E-state index is 6.27. The molecule has 0 spiro atoms. The van der Waals surface area contributed by atoms with Gasteiger partial charge in [-0.05, 0) is 37.0 Å². The molecular weight excluding hydrogens is 200 g/mol. The van der Waals surface area contributed by atoms with Gasteiger partial charge in [0.2, 0.25) is 5.90 Å². The normalized spacial score (nSPS) is 22.2. The molecule has 3 heteroatoms. The van der Waals surface area contributed by atoms with Crippen LogP contribution in [0.3, 0.4) is 0 Å². The second-order valence-electron chi connectivity index (χ2n) is 4.62. The third-order valence-electron chi connectivity index (χ3n) is 3.54. The van der Waals surface area contributed by atoms with Crippen molar-refractivity contribution < 1.29 is 4.74 Å². The average molecular weight is 216 g/mol. The zero-order valence-corrected chi connectivity index (χ0v) is 9.28. The monoisotopic (exact) mass is 216 g/mol. The molecule has 0 amide bonds. The van der Waals surface area contributed by atoms with Gasteiger partial charge in [-0.3, -0.25) is 0 Å². The van der Waals surface area contributed by atoms with Gasteiger partial charge >= 0.3 is 0 Å². The van der Waals surface area contributed by atoms with Crippen molar-refractivity contribution in [2.75, 3.05) is 13.2 Å². The molecule has 0 saturated heterocycles. The number of hydrogen-bond acceptors (Lipinski definition) is 3. The lowest BCUT2D eigenvalue weighted by Crippen LogP contribution is -2.43. The molecular formula is C13H16N2O. The highest BCUT2D eigenvalue weighted by molar-refractivity contribution is 5.94. The van der Waals surface area contributed by atoms with Gasteiger partial charge in [-0.25, -0.2) is 4.99 Å². The number of nitrogens with zero attached hydrogens (tertiary/aromatic N) is 1. The van der Waals surface area contributed by atoms with Crippen LogP contribution in [-0.2, 0) is 10.3 Å². The smallest absolute Gasteiger partial charge is 0.216 e. The van der Waals surface area contributed by atoms with Gasteiger partial charge < -0.3 is 10.5 Å². The minimum absolute atomic E-state index is 0.0725. The standard InChI is InChI=1S/C13H16N2O/c14-13(6-1-7-13)11-4-2-10(3-5-11)12-15-8-9-16-12/h2-5H,1,6-9,14H2.